The van der Waals surface area contributed by atoms with Gasteiger partial charge in [-0.3, -0.25) is 5.10 Å². The van der Waals surface area contributed by atoms with Crippen LogP contribution in [-0.2, 0) is 0 Å². The maximum Gasteiger partial charge on any atom is 0.197 e. The van der Waals surface area contributed by atoms with E-state index in [2.05, 4.69) is 30.5 Å². The molecule has 2 heterocycles. The number of aromatic nitrogens is 3. The van der Waals surface area contributed by atoms with Gasteiger partial charge >= 0.3 is 0 Å². The highest BCUT2D eigenvalue weighted by Crippen LogP contribution is 2.33. The number of hydrogen-bond acceptors (Lipinski definition) is 6. The molecule has 0 aliphatic rings. The predicted octanol–water partition coefficient (Wildman–Crippen LogP) is 5.69. The van der Waals surface area contributed by atoms with Crippen LogP contribution in [0.15, 0.2) is 75.1 Å². The van der Waals surface area contributed by atoms with Crippen LogP contribution in [-0.4, -0.2) is 14.6 Å². The van der Waals surface area contributed by atoms with E-state index in [-0.39, 0.29) is 0 Å². The summed E-state index contributed by atoms with van der Waals surface area (Å²) >= 11 is 0. The standard InChI is InChI=1S/C19H18N8/c1-12-8-10-15(11-9-12)22-24-16-17(20)26-27-18(13(2)21-19(16)27)25-23-14-6-4-3-5-7-14/h3-11,26H,20H2,1-2H3. The summed E-state index contributed by atoms with van der Waals surface area (Å²) < 4.78 is 1.67. The summed E-state index contributed by atoms with van der Waals surface area (Å²) in [5, 5.41) is 20.1. The predicted molar refractivity (Wildman–Crippen MR) is 105 cm³/mol. The van der Waals surface area contributed by atoms with Gasteiger partial charge in [0.05, 0.1) is 17.1 Å². The number of hydrogen-bond donors (Lipinski definition) is 2. The number of aryl methyl sites for hydroxylation is 2. The van der Waals surface area contributed by atoms with Crippen molar-refractivity contribution in [3.8, 4) is 0 Å². The van der Waals surface area contributed by atoms with Crippen LogP contribution in [0.3, 0.4) is 0 Å². The summed E-state index contributed by atoms with van der Waals surface area (Å²) in [6.45, 7) is 3.88. The minimum atomic E-state index is 0.365. The molecule has 0 saturated heterocycles. The molecular formula is C19H18N8. The third-order valence-electron chi connectivity index (χ3n) is 4.04. The number of benzene rings is 2. The average molecular weight is 358 g/mol. The van der Waals surface area contributed by atoms with E-state index in [0.29, 0.717) is 28.7 Å². The maximum atomic E-state index is 6.07. The zero-order valence-corrected chi connectivity index (χ0v) is 15.0. The van der Waals surface area contributed by atoms with Crippen LogP contribution in [0, 0.1) is 13.8 Å². The second-order valence-electron chi connectivity index (χ2n) is 6.13. The molecule has 3 N–H and O–H groups in total. The number of nitrogen functional groups attached to an aromatic ring is 1. The molecule has 0 bridgehead atoms. The smallest absolute Gasteiger partial charge is 0.197 e. The Labute approximate surface area is 155 Å². The third kappa shape index (κ3) is 3.32. The Hall–Kier alpha value is -3.81. The molecule has 134 valence electrons. The topological polar surface area (TPSA) is 109 Å². The van der Waals surface area contributed by atoms with Crippen molar-refractivity contribution in [2.24, 2.45) is 20.5 Å². The van der Waals surface area contributed by atoms with Crippen molar-refractivity contribution in [3.05, 3.63) is 65.9 Å². The summed E-state index contributed by atoms with van der Waals surface area (Å²) in [7, 11) is 0. The first-order valence-corrected chi connectivity index (χ1v) is 8.43. The van der Waals surface area contributed by atoms with Gasteiger partial charge in [0.1, 0.15) is 5.82 Å². The van der Waals surface area contributed by atoms with E-state index in [1.54, 1.807) is 4.52 Å². The molecule has 8 heteroatoms. The second kappa shape index (κ2) is 6.83. The van der Waals surface area contributed by atoms with E-state index >= 15 is 0 Å². The summed E-state index contributed by atoms with van der Waals surface area (Å²) in [5.41, 5.74) is 10.5. The zero-order valence-electron chi connectivity index (χ0n) is 15.0. The van der Waals surface area contributed by atoms with E-state index in [9.17, 15) is 0 Å². The monoisotopic (exact) mass is 358 g/mol. The minimum Gasteiger partial charge on any atom is -0.382 e. The third-order valence-corrected chi connectivity index (χ3v) is 4.04. The highest BCUT2D eigenvalue weighted by molar-refractivity contribution is 5.77. The number of rotatable bonds is 4. The van der Waals surface area contributed by atoms with Crippen LogP contribution < -0.4 is 5.73 Å². The van der Waals surface area contributed by atoms with Crippen molar-refractivity contribution < 1.29 is 0 Å². The van der Waals surface area contributed by atoms with Gasteiger partial charge in [-0.2, -0.15) is 5.11 Å². The highest BCUT2D eigenvalue weighted by atomic mass is 15.4. The van der Waals surface area contributed by atoms with Crippen LogP contribution >= 0.6 is 0 Å². The largest absolute Gasteiger partial charge is 0.382 e. The van der Waals surface area contributed by atoms with E-state index in [0.717, 1.165) is 16.9 Å². The molecule has 2 aromatic heterocycles. The number of anilines is 1. The Morgan fingerprint density at radius 1 is 0.852 bits per heavy atom. The first-order valence-electron chi connectivity index (χ1n) is 8.43. The molecule has 0 aliphatic carbocycles. The quantitative estimate of drug-likeness (QED) is 0.457. The molecule has 0 fully saturated rings. The molecule has 0 atom stereocenters. The summed E-state index contributed by atoms with van der Waals surface area (Å²) in [6, 6.07) is 17.2. The molecule has 4 rings (SSSR count). The first-order chi connectivity index (χ1) is 13.1. The number of aromatic amines is 1. The fourth-order valence-corrected chi connectivity index (χ4v) is 2.61. The van der Waals surface area contributed by atoms with Gasteiger partial charge in [-0.05, 0) is 38.1 Å². The van der Waals surface area contributed by atoms with Crippen molar-refractivity contribution in [1.82, 2.24) is 14.6 Å². The fourth-order valence-electron chi connectivity index (χ4n) is 2.61. The van der Waals surface area contributed by atoms with Gasteiger partial charge in [-0.15, -0.1) is 15.3 Å². The Kier molecular flexibility index (Phi) is 4.21. The van der Waals surface area contributed by atoms with E-state index in [4.69, 9.17) is 5.73 Å². The molecular weight excluding hydrogens is 340 g/mol. The van der Waals surface area contributed by atoms with Crippen molar-refractivity contribution in [2.45, 2.75) is 13.8 Å². The lowest BCUT2D eigenvalue weighted by Crippen LogP contribution is -1.88. The summed E-state index contributed by atoms with van der Waals surface area (Å²) in [4.78, 5) is 4.52. The van der Waals surface area contributed by atoms with Crippen LogP contribution in [0.1, 0.15) is 11.3 Å². The molecule has 0 saturated carbocycles. The lowest BCUT2D eigenvalue weighted by Gasteiger charge is -1.94. The average Bonchev–Trinajstić information content (AvgIpc) is 3.14. The van der Waals surface area contributed by atoms with Gasteiger partial charge in [-0.25, -0.2) is 9.50 Å². The molecule has 0 radical (unpaired) electrons. The number of fused-ring (bicyclic) bond motifs is 1. The van der Waals surface area contributed by atoms with Gasteiger partial charge in [0.25, 0.3) is 0 Å². The highest BCUT2D eigenvalue weighted by Gasteiger charge is 2.17. The SMILES string of the molecule is Cc1ccc(N=Nc2c(N)[nH]n3c(N=Nc4ccccc4)c(C)nc23)cc1. The molecule has 2 aromatic carbocycles. The first kappa shape index (κ1) is 16.6. The number of H-pyrrole nitrogens is 1. The van der Waals surface area contributed by atoms with Gasteiger partial charge in [0, 0.05) is 0 Å². The van der Waals surface area contributed by atoms with Gasteiger partial charge in [0.15, 0.2) is 17.2 Å². The van der Waals surface area contributed by atoms with Crippen molar-refractivity contribution in [3.63, 3.8) is 0 Å². The molecule has 0 aliphatic heterocycles. The second-order valence-corrected chi connectivity index (χ2v) is 6.13. The Bertz CT molecular complexity index is 1130. The van der Waals surface area contributed by atoms with Gasteiger partial charge in [0.2, 0.25) is 0 Å². The molecule has 0 spiro atoms. The summed E-state index contributed by atoms with van der Waals surface area (Å²) in [6.07, 6.45) is 0. The molecule has 4 aromatic rings. The summed E-state index contributed by atoms with van der Waals surface area (Å²) in [5.74, 6) is 0.932. The van der Waals surface area contributed by atoms with Gasteiger partial charge < -0.3 is 5.73 Å². The van der Waals surface area contributed by atoms with Crippen molar-refractivity contribution >= 4 is 34.3 Å². The van der Waals surface area contributed by atoms with Crippen LogP contribution in [0.25, 0.3) is 5.65 Å². The number of imidazole rings is 1. The number of nitrogens with one attached hydrogen (secondary N) is 1. The van der Waals surface area contributed by atoms with Crippen molar-refractivity contribution in [1.29, 1.82) is 0 Å². The van der Waals surface area contributed by atoms with Crippen LogP contribution in [0.4, 0.5) is 28.7 Å². The lowest BCUT2D eigenvalue weighted by atomic mass is 10.2. The maximum absolute atomic E-state index is 6.07. The van der Waals surface area contributed by atoms with E-state index in [1.807, 2.05) is 68.4 Å². The number of nitrogens with zero attached hydrogens (tertiary/aromatic N) is 6. The Morgan fingerprint density at radius 2 is 1.52 bits per heavy atom. The Balaban J connectivity index is 1.70. The zero-order chi connectivity index (χ0) is 18.8. The lowest BCUT2D eigenvalue weighted by molar-refractivity contribution is 0.954. The minimum absolute atomic E-state index is 0.365. The Morgan fingerprint density at radius 3 is 2.26 bits per heavy atom. The molecule has 0 unspecified atom stereocenters. The number of azo groups is 2. The van der Waals surface area contributed by atoms with Crippen molar-refractivity contribution in [2.75, 3.05) is 5.73 Å². The van der Waals surface area contributed by atoms with Gasteiger partial charge in [-0.1, -0.05) is 35.9 Å². The fraction of sp³-hybridized carbons (Fsp3) is 0.105. The molecule has 0 amide bonds. The van der Waals surface area contributed by atoms with Crippen LogP contribution in [0.2, 0.25) is 0 Å². The van der Waals surface area contributed by atoms with E-state index in [1.165, 1.54) is 0 Å². The van der Waals surface area contributed by atoms with Crippen LogP contribution in [0.5, 0.6) is 0 Å². The van der Waals surface area contributed by atoms with E-state index < -0.39 is 0 Å². The molecule has 27 heavy (non-hydrogen) atoms. The molecule has 8 nitrogen and oxygen atoms in total. The number of nitrogens with two attached hydrogens (primary N) is 1. The normalized spacial score (nSPS) is 11.9.